The Balaban J connectivity index is 0.000000228. The highest BCUT2D eigenvalue weighted by atomic mass is 16.6. The van der Waals surface area contributed by atoms with Crippen molar-refractivity contribution in [2.24, 2.45) is 23.7 Å². The Morgan fingerprint density at radius 2 is 1.38 bits per heavy atom. The minimum Gasteiger partial charge on any atom is -0.469 e. The molecule has 3 aromatic rings. The molecule has 3 aliphatic rings. The number of likely N-dealkylation sites (tertiary alicyclic amines) is 2. The summed E-state index contributed by atoms with van der Waals surface area (Å²) in [5.74, 6) is 1.05. The van der Waals surface area contributed by atoms with Crippen molar-refractivity contribution in [2.45, 2.75) is 104 Å². The summed E-state index contributed by atoms with van der Waals surface area (Å²) < 4.78 is 20.8. The number of anilines is 1. The van der Waals surface area contributed by atoms with Crippen LogP contribution < -0.4 is 5.32 Å². The number of aromatic nitrogens is 1. The van der Waals surface area contributed by atoms with Crippen LogP contribution in [0.5, 0.6) is 0 Å². The maximum Gasteiger partial charge on any atom is 0.410 e. The van der Waals surface area contributed by atoms with Crippen LogP contribution in [-0.4, -0.2) is 97.1 Å². The summed E-state index contributed by atoms with van der Waals surface area (Å²) in [4.78, 5) is 56.8. The minimum absolute atomic E-state index is 0.134. The predicted octanol–water partition coefficient (Wildman–Crippen LogP) is 9.32. The van der Waals surface area contributed by atoms with E-state index in [1.165, 1.54) is 25.5 Å². The van der Waals surface area contributed by atoms with Crippen LogP contribution in [0.4, 0.5) is 15.3 Å². The molecular formula is C48H66N4O8. The van der Waals surface area contributed by atoms with Crippen LogP contribution in [0.25, 0.3) is 16.5 Å². The molecule has 2 unspecified atom stereocenters. The van der Waals surface area contributed by atoms with Gasteiger partial charge in [0.2, 0.25) is 0 Å². The van der Waals surface area contributed by atoms with Crippen molar-refractivity contribution in [2.75, 3.05) is 52.3 Å². The van der Waals surface area contributed by atoms with Gasteiger partial charge in [-0.05, 0) is 145 Å². The quantitative estimate of drug-likeness (QED) is 0.126. The molecular weight excluding hydrogens is 761 g/mol. The fourth-order valence-corrected chi connectivity index (χ4v) is 8.31. The number of methoxy groups -OCH3 is 2. The molecule has 0 saturated carbocycles. The van der Waals surface area contributed by atoms with Gasteiger partial charge in [0, 0.05) is 62.5 Å². The van der Waals surface area contributed by atoms with Crippen molar-refractivity contribution in [3.8, 4) is 0 Å². The highest BCUT2D eigenvalue weighted by Gasteiger charge is 2.33. The van der Waals surface area contributed by atoms with E-state index in [2.05, 4.69) is 40.6 Å². The number of benzene rings is 2. The van der Waals surface area contributed by atoms with Crippen molar-refractivity contribution in [3.63, 3.8) is 0 Å². The number of hydrogen-bond donors (Lipinski definition) is 1. The van der Waals surface area contributed by atoms with Crippen LogP contribution in [0.2, 0.25) is 0 Å². The zero-order valence-corrected chi connectivity index (χ0v) is 37.0. The van der Waals surface area contributed by atoms with Crippen molar-refractivity contribution in [3.05, 3.63) is 78.0 Å². The second-order valence-electron chi connectivity index (χ2n) is 18.4. The molecule has 12 nitrogen and oxygen atoms in total. The Bertz CT molecular complexity index is 1950. The average molecular weight is 827 g/mol. The summed E-state index contributed by atoms with van der Waals surface area (Å²) in [6.45, 7) is 14.9. The number of para-hydroxylation sites is 2. The van der Waals surface area contributed by atoms with Gasteiger partial charge in [0.15, 0.2) is 0 Å². The molecule has 2 fully saturated rings. The van der Waals surface area contributed by atoms with Crippen LogP contribution in [-0.2, 0) is 35.0 Å². The van der Waals surface area contributed by atoms with Crippen molar-refractivity contribution in [1.82, 2.24) is 14.8 Å². The number of ether oxygens (including phenoxy) is 4. The first kappa shape index (κ1) is 45.9. The number of allylic oxidation sites excluding steroid dienone is 1. The van der Waals surface area contributed by atoms with E-state index in [9.17, 15) is 19.2 Å². The Kier molecular flexibility index (Phi) is 16.0. The van der Waals surface area contributed by atoms with E-state index in [0.29, 0.717) is 37.3 Å². The number of pyridine rings is 1. The number of nitrogens with zero attached hydrogens (tertiary/aromatic N) is 3. The molecule has 2 amide bonds. The Labute approximate surface area is 356 Å². The summed E-state index contributed by atoms with van der Waals surface area (Å²) in [6.07, 6.45) is 9.69. The first-order valence-electron chi connectivity index (χ1n) is 21.5. The van der Waals surface area contributed by atoms with Crippen LogP contribution in [0.3, 0.4) is 0 Å². The highest BCUT2D eigenvalue weighted by molar-refractivity contribution is 5.93. The van der Waals surface area contributed by atoms with E-state index in [0.717, 1.165) is 86.6 Å². The highest BCUT2D eigenvalue weighted by Crippen LogP contribution is 2.36. The number of amides is 2. The molecule has 326 valence electrons. The molecule has 2 aromatic carbocycles. The lowest BCUT2D eigenvalue weighted by atomic mass is 9.75. The SMILES string of the molecule is COC(=O)/C=C(/CC1CCN(C(=O)OC(C)(C)C)CC1)c1cnc2ccccc2c1.COC(=O)CC(CC1CCN(C(=O)OC(C)(C)C)CC1)C1CNc2ccccc2C1. The fraction of sp³-hybridized carbons (Fsp3) is 0.562. The Hall–Kier alpha value is -5.13. The van der Waals surface area contributed by atoms with E-state index >= 15 is 0 Å². The van der Waals surface area contributed by atoms with Crippen LogP contribution in [0.1, 0.15) is 97.6 Å². The summed E-state index contributed by atoms with van der Waals surface area (Å²) in [5, 5.41) is 4.58. The van der Waals surface area contributed by atoms with Gasteiger partial charge >= 0.3 is 24.1 Å². The van der Waals surface area contributed by atoms with Crippen LogP contribution in [0.15, 0.2) is 66.9 Å². The molecule has 4 heterocycles. The molecule has 2 atom stereocenters. The molecule has 0 bridgehead atoms. The molecule has 1 aromatic heterocycles. The van der Waals surface area contributed by atoms with Crippen molar-refractivity contribution in [1.29, 1.82) is 0 Å². The maximum atomic E-state index is 12.3. The van der Waals surface area contributed by atoms with E-state index < -0.39 is 11.2 Å². The molecule has 6 rings (SSSR count). The molecule has 0 radical (unpaired) electrons. The largest absolute Gasteiger partial charge is 0.469 e. The van der Waals surface area contributed by atoms with Gasteiger partial charge in [-0.3, -0.25) is 9.78 Å². The fourth-order valence-electron chi connectivity index (χ4n) is 8.31. The maximum absolute atomic E-state index is 12.3. The number of rotatable bonds is 9. The van der Waals surface area contributed by atoms with Crippen LogP contribution >= 0.6 is 0 Å². The lowest BCUT2D eigenvalue weighted by molar-refractivity contribution is -0.142. The third-order valence-electron chi connectivity index (χ3n) is 11.5. The van der Waals surface area contributed by atoms with Crippen molar-refractivity contribution < 1.29 is 38.1 Å². The van der Waals surface area contributed by atoms with E-state index in [-0.39, 0.29) is 30.0 Å². The molecule has 0 aliphatic carbocycles. The number of piperidine rings is 2. The van der Waals surface area contributed by atoms with Gasteiger partial charge in [-0.2, -0.15) is 0 Å². The Morgan fingerprint density at radius 3 is 1.98 bits per heavy atom. The molecule has 2 saturated heterocycles. The van der Waals surface area contributed by atoms with Gasteiger partial charge in [-0.25, -0.2) is 14.4 Å². The first-order chi connectivity index (χ1) is 28.5. The first-order valence-corrected chi connectivity index (χ1v) is 21.5. The molecule has 12 heteroatoms. The number of esters is 2. The van der Waals surface area contributed by atoms with Gasteiger partial charge in [0.25, 0.3) is 0 Å². The van der Waals surface area contributed by atoms with Gasteiger partial charge in [0.05, 0.1) is 19.7 Å². The molecule has 1 N–H and O–H groups in total. The molecule has 0 spiro atoms. The van der Waals surface area contributed by atoms with E-state index in [1.807, 2.05) is 76.9 Å². The number of nitrogens with one attached hydrogen (secondary N) is 1. The third kappa shape index (κ3) is 14.0. The normalized spacial score (nSPS) is 18.3. The molecule has 3 aliphatic heterocycles. The average Bonchev–Trinajstić information content (AvgIpc) is 3.22. The Morgan fingerprint density at radius 1 is 0.800 bits per heavy atom. The summed E-state index contributed by atoms with van der Waals surface area (Å²) in [5.41, 5.74) is 4.32. The third-order valence-corrected chi connectivity index (χ3v) is 11.5. The minimum atomic E-state index is -0.493. The second kappa shape index (κ2) is 20.9. The number of carbonyl (C=O) groups excluding carboxylic acids is 4. The lowest BCUT2D eigenvalue weighted by Gasteiger charge is -2.37. The standard InChI is InChI=1S/C24H36N2O4.C24H30N2O4/c2*1-24(2,3)30-23(28)26-11-9-17(10-12-26)13-19(15-22(27)29-4)20-14-18-7-5-6-8-21(18)25-16-20/h5-8,17,19-20,25H,9-16H2,1-4H3;5-8,14-17H,9-13H2,1-4H3/b;19-15-. The second-order valence-corrected chi connectivity index (χ2v) is 18.4. The van der Waals surface area contributed by atoms with Gasteiger partial charge in [-0.15, -0.1) is 0 Å². The lowest BCUT2D eigenvalue weighted by Crippen LogP contribution is -2.42. The van der Waals surface area contributed by atoms with Crippen LogP contribution in [0, 0.1) is 23.7 Å². The van der Waals surface area contributed by atoms with Gasteiger partial charge in [-0.1, -0.05) is 36.4 Å². The number of carbonyl (C=O) groups is 4. The topological polar surface area (TPSA) is 137 Å². The van der Waals surface area contributed by atoms with Gasteiger partial charge in [0.1, 0.15) is 11.2 Å². The monoisotopic (exact) mass is 826 g/mol. The van der Waals surface area contributed by atoms with E-state index in [4.69, 9.17) is 18.9 Å². The zero-order chi connectivity index (χ0) is 43.5. The summed E-state index contributed by atoms with van der Waals surface area (Å²) in [6, 6.07) is 18.4. The molecule has 60 heavy (non-hydrogen) atoms. The number of hydrogen-bond acceptors (Lipinski definition) is 10. The van der Waals surface area contributed by atoms with E-state index in [1.54, 1.807) is 11.0 Å². The zero-order valence-electron chi connectivity index (χ0n) is 37.0. The summed E-state index contributed by atoms with van der Waals surface area (Å²) >= 11 is 0. The predicted molar refractivity (Wildman–Crippen MR) is 234 cm³/mol. The van der Waals surface area contributed by atoms with Crippen molar-refractivity contribution >= 4 is 46.3 Å². The van der Waals surface area contributed by atoms with Gasteiger partial charge < -0.3 is 34.1 Å². The number of fused-ring (bicyclic) bond motifs is 2. The summed E-state index contributed by atoms with van der Waals surface area (Å²) in [7, 11) is 2.85. The smallest absolute Gasteiger partial charge is 0.410 e.